The molecule has 0 aromatic heterocycles. The number of nitrogens with two attached hydrogens (primary N) is 1. The maximum atomic E-state index is 12.0. The zero-order valence-corrected chi connectivity index (χ0v) is 10.3. The van der Waals surface area contributed by atoms with E-state index in [1.165, 1.54) is 11.0 Å². The molecule has 0 bridgehead atoms. The molecule has 2 rings (SSSR count). The lowest BCUT2D eigenvalue weighted by atomic mass is 10.1. The van der Waals surface area contributed by atoms with Gasteiger partial charge in [-0.05, 0) is 17.7 Å². The van der Waals surface area contributed by atoms with Crippen molar-refractivity contribution in [3.8, 4) is 0 Å². The lowest BCUT2D eigenvalue weighted by molar-refractivity contribution is -0.138. The fraction of sp³-hybridized carbons (Fsp3) is 0.333. The zero-order valence-electron chi connectivity index (χ0n) is 10.3. The van der Waals surface area contributed by atoms with Gasteiger partial charge >= 0.3 is 6.18 Å². The molecule has 0 unspecified atom stereocenters. The van der Waals surface area contributed by atoms with Crippen LogP contribution in [0.5, 0.6) is 0 Å². The number of anilines is 1. The Bertz CT molecular complexity index is 557. The summed E-state index contributed by atoms with van der Waals surface area (Å²) in [7, 11) is 0. The molecule has 1 heterocycles. The number of carbonyl (C=O) groups excluding carboxylic acids is 2. The maximum Gasteiger partial charge on any atom is 0.405 e. The van der Waals surface area contributed by atoms with E-state index in [2.05, 4.69) is 0 Å². The highest BCUT2D eigenvalue weighted by atomic mass is 19.4. The highest BCUT2D eigenvalue weighted by Gasteiger charge is 2.31. The first-order chi connectivity index (χ1) is 9.26. The van der Waals surface area contributed by atoms with Crippen molar-refractivity contribution in [3.63, 3.8) is 0 Å². The van der Waals surface area contributed by atoms with Gasteiger partial charge in [-0.2, -0.15) is 13.2 Å². The molecule has 2 amide bonds. The Kier molecular flexibility index (Phi) is 3.56. The second kappa shape index (κ2) is 5.03. The number of hydrogen-bond donors (Lipinski definition) is 2. The largest absolute Gasteiger partial charge is 0.405 e. The monoisotopic (exact) mass is 287 g/mol. The van der Waals surface area contributed by atoms with E-state index in [-0.39, 0.29) is 6.54 Å². The summed E-state index contributed by atoms with van der Waals surface area (Å²) in [5, 5.41) is 1.73. The minimum absolute atomic E-state index is 0.188. The highest BCUT2D eigenvalue weighted by molar-refractivity contribution is 6.00. The molecule has 0 atom stereocenters. The van der Waals surface area contributed by atoms with E-state index in [1.807, 2.05) is 0 Å². The number of halogens is 3. The molecule has 1 aromatic carbocycles. The zero-order chi connectivity index (χ0) is 14.9. The lowest BCUT2D eigenvalue weighted by Gasteiger charge is -2.15. The average Bonchev–Trinajstić information content (AvgIpc) is 2.64. The molecule has 20 heavy (non-hydrogen) atoms. The maximum absolute atomic E-state index is 12.0. The van der Waals surface area contributed by atoms with Gasteiger partial charge in [-0.1, -0.05) is 6.07 Å². The Hall–Kier alpha value is -2.25. The molecule has 1 aliphatic rings. The number of hydrogen-bond acceptors (Lipinski definition) is 3. The number of rotatable bonds is 3. The van der Waals surface area contributed by atoms with E-state index in [0.29, 0.717) is 16.8 Å². The van der Waals surface area contributed by atoms with Gasteiger partial charge in [-0.3, -0.25) is 9.59 Å². The molecule has 0 aliphatic carbocycles. The van der Waals surface area contributed by atoms with E-state index in [1.54, 1.807) is 17.4 Å². The van der Waals surface area contributed by atoms with Crippen molar-refractivity contribution >= 4 is 17.5 Å². The quantitative estimate of drug-likeness (QED) is 0.811. The molecule has 0 saturated carbocycles. The number of amides is 2. The van der Waals surface area contributed by atoms with Crippen molar-refractivity contribution in [2.24, 2.45) is 0 Å². The third-order valence-electron chi connectivity index (χ3n) is 2.83. The standard InChI is InChI=1S/C12H12F3N3O2/c13-12(14,15)6-17-10(19)5-18-4-7-1-2-8(16)3-9(7)11(18)20/h1-3H,4-6,16H2,(H,17,19). The summed E-state index contributed by atoms with van der Waals surface area (Å²) < 4.78 is 35.9. The van der Waals surface area contributed by atoms with Crippen LogP contribution in [0.1, 0.15) is 15.9 Å². The molecule has 0 fully saturated rings. The second-order valence-electron chi connectivity index (χ2n) is 4.47. The molecule has 0 spiro atoms. The molecule has 8 heteroatoms. The van der Waals surface area contributed by atoms with Gasteiger partial charge < -0.3 is 16.0 Å². The summed E-state index contributed by atoms with van der Waals surface area (Å²) in [6, 6.07) is 4.78. The second-order valence-corrected chi connectivity index (χ2v) is 4.47. The smallest absolute Gasteiger partial charge is 0.399 e. The highest BCUT2D eigenvalue weighted by Crippen LogP contribution is 2.24. The minimum Gasteiger partial charge on any atom is -0.399 e. The van der Waals surface area contributed by atoms with Crippen LogP contribution in [0.15, 0.2) is 18.2 Å². The van der Waals surface area contributed by atoms with E-state index in [9.17, 15) is 22.8 Å². The molecule has 0 radical (unpaired) electrons. The summed E-state index contributed by atoms with van der Waals surface area (Å²) >= 11 is 0. The van der Waals surface area contributed by atoms with Crippen LogP contribution in [0.4, 0.5) is 18.9 Å². The van der Waals surface area contributed by atoms with Crippen molar-refractivity contribution in [1.29, 1.82) is 0 Å². The number of nitrogens with zero attached hydrogens (tertiary/aromatic N) is 1. The first-order valence-corrected chi connectivity index (χ1v) is 5.77. The number of carbonyl (C=O) groups is 2. The summed E-state index contributed by atoms with van der Waals surface area (Å²) in [4.78, 5) is 24.5. The summed E-state index contributed by atoms with van der Waals surface area (Å²) in [6.07, 6.45) is -4.47. The average molecular weight is 287 g/mol. The summed E-state index contributed by atoms with van der Waals surface area (Å²) in [6.45, 7) is -1.63. The Morgan fingerprint density at radius 1 is 1.40 bits per heavy atom. The van der Waals surface area contributed by atoms with Crippen molar-refractivity contribution in [2.75, 3.05) is 18.8 Å². The van der Waals surface area contributed by atoms with Crippen molar-refractivity contribution < 1.29 is 22.8 Å². The van der Waals surface area contributed by atoms with Gasteiger partial charge in [-0.25, -0.2) is 0 Å². The van der Waals surface area contributed by atoms with Crippen LogP contribution in [0.25, 0.3) is 0 Å². The normalized spacial score (nSPS) is 14.3. The third kappa shape index (κ3) is 3.19. The van der Waals surface area contributed by atoms with Crippen molar-refractivity contribution in [3.05, 3.63) is 29.3 Å². The van der Waals surface area contributed by atoms with E-state index >= 15 is 0 Å². The first kappa shape index (κ1) is 14.2. The predicted octanol–water partition coefficient (Wildman–Crippen LogP) is 0.903. The summed E-state index contributed by atoms with van der Waals surface area (Å²) in [5.41, 5.74) is 7.06. The summed E-state index contributed by atoms with van der Waals surface area (Å²) in [5.74, 6) is -1.26. The van der Waals surface area contributed by atoms with Gasteiger partial charge in [0, 0.05) is 17.8 Å². The molecule has 0 saturated heterocycles. The van der Waals surface area contributed by atoms with Crippen molar-refractivity contribution in [1.82, 2.24) is 10.2 Å². The van der Waals surface area contributed by atoms with E-state index in [0.717, 1.165) is 0 Å². The number of nitrogens with one attached hydrogen (secondary N) is 1. The van der Waals surface area contributed by atoms with Crippen LogP contribution in [0.2, 0.25) is 0 Å². The fourth-order valence-electron chi connectivity index (χ4n) is 1.93. The van der Waals surface area contributed by atoms with Crippen LogP contribution in [-0.2, 0) is 11.3 Å². The number of nitrogen functional groups attached to an aromatic ring is 1. The van der Waals surface area contributed by atoms with Crippen molar-refractivity contribution in [2.45, 2.75) is 12.7 Å². The van der Waals surface area contributed by atoms with Gasteiger partial charge in [0.15, 0.2) is 0 Å². The van der Waals surface area contributed by atoms with Gasteiger partial charge in [0.2, 0.25) is 5.91 Å². The van der Waals surface area contributed by atoms with Crippen LogP contribution in [0.3, 0.4) is 0 Å². The SMILES string of the molecule is Nc1ccc2c(c1)C(=O)N(CC(=O)NCC(F)(F)F)C2. The molecular formula is C12H12F3N3O2. The molecule has 1 aliphatic heterocycles. The fourth-order valence-corrected chi connectivity index (χ4v) is 1.93. The number of benzene rings is 1. The Balaban J connectivity index is 1.96. The van der Waals surface area contributed by atoms with E-state index < -0.39 is 31.1 Å². The van der Waals surface area contributed by atoms with Crippen LogP contribution >= 0.6 is 0 Å². The van der Waals surface area contributed by atoms with Gasteiger partial charge in [0.1, 0.15) is 13.1 Å². The molecule has 108 valence electrons. The van der Waals surface area contributed by atoms with Crippen LogP contribution < -0.4 is 11.1 Å². The molecule has 3 N–H and O–H groups in total. The number of fused-ring (bicyclic) bond motifs is 1. The molecule has 1 aromatic rings. The van der Waals surface area contributed by atoms with Crippen LogP contribution in [0, 0.1) is 0 Å². The van der Waals surface area contributed by atoms with Crippen LogP contribution in [-0.4, -0.2) is 36.0 Å². The molecular weight excluding hydrogens is 275 g/mol. The third-order valence-corrected chi connectivity index (χ3v) is 2.83. The minimum atomic E-state index is -4.47. The van der Waals surface area contributed by atoms with Gasteiger partial charge in [0.05, 0.1) is 0 Å². The molecule has 5 nitrogen and oxygen atoms in total. The Labute approximate surface area is 112 Å². The lowest BCUT2D eigenvalue weighted by Crippen LogP contribution is -2.41. The predicted molar refractivity (Wildman–Crippen MR) is 64.7 cm³/mol. The van der Waals surface area contributed by atoms with Gasteiger partial charge in [0.25, 0.3) is 5.91 Å². The number of alkyl halides is 3. The Morgan fingerprint density at radius 3 is 2.75 bits per heavy atom. The topological polar surface area (TPSA) is 75.4 Å². The van der Waals surface area contributed by atoms with Gasteiger partial charge in [-0.15, -0.1) is 0 Å². The van der Waals surface area contributed by atoms with E-state index in [4.69, 9.17) is 5.73 Å². The first-order valence-electron chi connectivity index (χ1n) is 5.77. The Morgan fingerprint density at radius 2 is 2.10 bits per heavy atom.